The molecule has 6 nitrogen and oxygen atoms in total. The molecule has 3 rings (SSSR count). The first kappa shape index (κ1) is 16.5. The molecule has 1 amide bonds. The van der Waals surface area contributed by atoms with E-state index in [1.54, 1.807) is 26.4 Å². The summed E-state index contributed by atoms with van der Waals surface area (Å²) in [5.74, 6) is 1.22. The number of methoxy groups -OCH3 is 2. The Balaban J connectivity index is 1.84. The fourth-order valence-corrected chi connectivity index (χ4v) is 3.08. The highest BCUT2D eigenvalue weighted by Gasteiger charge is 2.15. The molecule has 2 heterocycles. The highest BCUT2D eigenvalue weighted by molar-refractivity contribution is 9.10. The van der Waals surface area contributed by atoms with E-state index >= 15 is 0 Å². The van der Waals surface area contributed by atoms with Gasteiger partial charge >= 0.3 is 0 Å². The number of nitrogens with zero attached hydrogens (tertiary/aromatic N) is 1. The van der Waals surface area contributed by atoms with Gasteiger partial charge in [-0.1, -0.05) is 0 Å². The smallest absolute Gasteiger partial charge is 0.293 e. The van der Waals surface area contributed by atoms with Crippen LogP contribution in [0.1, 0.15) is 10.6 Å². The van der Waals surface area contributed by atoms with Crippen molar-refractivity contribution in [2.75, 3.05) is 19.5 Å². The first-order chi connectivity index (χ1) is 11.6. The number of aromatic nitrogens is 1. The second-order valence-electron chi connectivity index (χ2n) is 4.66. The third-order valence-corrected chi connectivity index (χ3v) is 4.39. The highest BCUT2D eigenvalue weighted by atomic mass is 79.9. The lowest BCUT2D eigenvalue weighted by molar-refractivity contribution is 0.0995. The monoisotopic (exact) mass is 408 g/mol. The van der Waals surface area contributed by atoms with Crippen LogP contribution in [0, 0.1) is 0 Å². The van der Waals surface area contributed by atoms with Gasteiger partial charge in [0.05, 0.1) is 19.9 Å². The first-order valence-electron chi connectivity index (χ1n) is 6.85. The largest absolute Gasteiger partial charge is 0.497 e. The molecule has 0 saturated heterocycles. The van der Waals surface area contributed by atoms with E-state index in [2.05, 4.69) is 26.2 Å². The summed E-state index contributed by atoms with van der Waals surface area (Å²) in [5, 5.41) is 5.01. The molecule has 0 radical (unpaired) electrons. The maximum Gasteiger partial charge on any atom is 0.293 e. The molecule has 124 valence electrons. The van der Waals surface area contributed by atoms with Crippen molar-refractivity contribution in [3.8, 4) is 22.8 Å². The van der Waals surface area contributed by atoms with Crippen LogP contribution < -0.4 is 14.8 Å². The molecule has 8 heteroatoms. The molecule has 3 aromatic rings. The van der Waals surface area contributed by atoms with Crippen LogP contribution in [0.2, 0.25) is 0 Å². The Labute approximate surface area is 150 Å². The van der Waals surface area contributed by atoms with Gasteiger partial charge < -0.3 is 13.9 Å². The Kier molecular flexibility index (Phi) is 4.86. The van der Waals surface area contributed by atoms with Crippen molar-refractivity contribution in [3.05, 3.63) is 46.1 Å². The number of thiazole rings is 1. The quantitative estimate of drug-likeness (QED) is 0.675. The molecule has 0 atom stereocenters. The molecule has 0 aliphatic rings. The van der Waals surface area contributed by atoms with Crippen molar-refractivity contribution >= 4 is 38.3 Å². The summed E-state index contributed by atoms with van der Waals surface area (Å²) in [4.78, 5) is 16.5. The van der Waals surface area contributed by atoms with E-state index in [1.165, 1.54) is 11.3 Å². The molecule has 0 spiro atoms. The zero-order valence-electron chi connectivity index (χ0n) is 12.8. The predicted molar refractivity (Wildman–Crippen MR) is 95.0 cm³/mol. The van der Waals surface area contributed by atoms with E-state index in [4.69, 9.17) is 13.9 Å². The topological polar surface area (TPSA) is 73.6 Å². The average molecular weight is 409 g/mol. The van der Waals surface area contributed by atoms with E-state index in [1.807, 2.05) is 23.6 Å². The molecule has 0 fully saturated rings. The van der Waals surface area contributed by atoms with Crippen LogP contribution in [0.4, 0.5) is 5.13 Å². The lowest BCUT2D eigenvalue weighted by Crippen LogP contribution is -2.10. The Morgan fingerprint density at radius 2 is 2.08 bits per heavy atom. The third-order valence-electron chi connectivity index (χ3n) is 3.20. The van der Waals surface area contributed by atoms with Crippen LogP contribution in [-0.4, -0.2) is 25.1 Å². The van der Waals surface area contributed by atoms with Crippen molar-refractivity contribution in [3.63, 3.8) is 0 Å². The van der Waals surface area contributed by atoms with Crippen LogP contribution in [0.25, 0.3) is 11.3 Å². The molecule has 0 bridgehead atoms. The molecular weight excluding hydrogens is 396 g/mol. The Morgan fingerprint density at radius 1 is 1.25 bits per heavy atom. The van der Waals surface area contributed by atoms with E-state index in [9.17, 15) is 4.79 Å². The van der Waals surface area contributed by atoms with Crippen molar-refractivity contribution in [1.29, 1.82) is 0 Å². The molecule has 0 saturated carbocycles. The van der Waals surface area contributed by atoms with Gasteiger partial charge in [-0.15, -0.1) is 11.3 Å². The number of carbonyl (C=O) groups is 1. The second kappa shape index (κ2) is 7.06. The summed E-state index contributed by atoms with van der Waals surface area (Å²) in [5.41, 5.74) is 1.47. The van der Waals surface area contributed by atoms with Gasteiger partial charge in [0.2, 0.25) is 0 Å². The van der Waals surface area contributed by atoms with Gasteiger partial charge in [0.25, 0.3) is 5.91 Å². The Hall–Kier alpha value is -2.32. The summed E-state index contributed by atoms with van der Waals surface area (Å²) in [6.45, 7) is 0. The fourth-order valence-electron chi connectivity index (χ4n) is 2.06. The normalized spacial score (nSPS) is 10.5. The molecule has 0 unspecified atom stereocenters. The number of furan rings is 1. The van der Waals surface area contributed by atoms with E-state index in [-0.39, 0.29) is 11.7 Å². The molecule has 1 N–H and O–H groups in total. The zero-order chi connectivity index (χ0) is 17.1. The molecule has 2 aromatic heterocycles. The van der Waals surface area contributed by atoms with Crippen LogP contribution >= 0.6 is 27.3 Å². The van der Waals surface area contributed by atoms with Gasteiger partial charge in [-0.25, -0.2) is 4.98 Å². The Morgan fingerprint density at radius 3 is 2.75 bits per heavy atom. The summed E-state index contributed by atoms with van der Waals surface area (Å²) in [6, 6.07) is 8.70. The number of rotatable bonds is 5. The number of benzene rings is 1. The number of amides is 1. The van der Waals surface area contributed by atoms with Crippen molar-refractivity contribution < 1.29 is 18.7 Å². The molecule has 24 heavy (non-hydrogen) atoms. The van der Waals surface area contributed by atoms with Crippen molar-refractivity contribution in [2.45, 2.75) is 0 Å². The standard InChI is InChI=1S/C16H13BrN2O4S/c1-21-9-3-4-12(22-2)10(7-9)11-8-24-16(18-11)19-15(20)13-5-6-14(17)23-13/h3-8H,1-2H3,(H,18,19,20). The lowest BCUT2D eigenvalue weighted by atomic mass is 10.1. The molecular formula is C16H13BrN2O4S. The zero-order valence-corrected chi connectivity index (χ0v) is 15.2. The minimum absolute atomic E-state index is 0.206. The number of carbonyl (C=O) groups excluding carboxylic acids is 1. The van der Waals surface area contributed by atoms with Gasteiger partial charge in [0.15, 0.2) is 15.6 Å². The third kappa shape index (κ3) is 3.44. The van der Waals surface area contributed by atoms with Gasteiger partial charge in [0.1, 0.15) is 11.5 Å². The van der Waals surface area contributed by atoms with Gasteiger partial charge in [-0.05, 0) is 46.3 Å². The van der Waals surface area contributed by atoms with Crippen molar-refractivity contribution in [2.24, 2.45) is 0 Å². The minimum atomic E-state index is -0.362. The Bertz CT molecular complexity index is 875. The van der Waals surface area contributed by atoms with Crippen LogP contribution in [0.5, 0.6) is 11.5 Å². The van der Waals surface area contributed by atoms with Crippen molar-refractivity contribution in [1.82, 2.24) is 4.98 Å². The van der Waals surface area contributed by atoms with Crippen LogP contribution in [0.3, 0.4) is 0 Å². The van der Waals surface area contributed by atoms with E-state index < -0.39 is 0 Å². The number of hydrogen-bond acceptors (Lipinski definition) is 6. The lowest BCUT2D eigenvalue weighted by Gasteiger charge is -2.08. The maximum absolute atomic E-state index is 12.1. The van der Waals surface area contributed by atoms with Crippen LogP contribution in [-0.2, 0) is 0 Å². The summed E-state index contributed by atoms with van der Waals surface area (Å²) in [7, 11) is 3.19. The number of nitrogens with one attached hydrogen (secondary N) is 1. The first-order valence-corrected chi connectivity index (χ1v) is 8.52. The number of ether oxygens (including phenoxy) is 2. The maximum atomic E-state index is 12.1. The van der Waals surface area contributed by atoms with E-state index in [0.29, 0.717) is 27.0 Å². The van der Waals surface area contributed by atoms with Gasteiger partial charge in [-0.2, -0.15) is 0 Å². The average Bonchev–Trinajstić information content (AvgIpc) is 3.23. The molecule has 0 aliphatic carbocycles. The van der Waals surface area contributed by atoms with Crippen LogP contribution in [0.15, 0.2) is 44.8 Å². The van der Waals surface area contributed by atoms with Gasteiger partial charge in [-0.3, -0.25) is 10.1 Å². The SMILES string of the molecule is COc1ccc(OC)c(-c2csc(NC(=O)c3ccc(Br)o3)n2)c1. The van der Waals surface area contributed by atoms with E-state index in [0.717, 1.165) is 5.56 Å². The molecule has 0 aliphatic heterocycles. The van der Waals surface area contributed by atoms with Gasteiger partial charge in [0, 0.05) is 10.9 Å². The molecule has 1 aromatic carbocycles. The highest BCUT2D eigenvalue weighted by Crippen LogP contribution is 2.35. The fraction of sp³-hybridized carbons (Fsp3) is 0.125. The summed E-state index contributed by atoms with van der Waals surface area (Å²) in [6.07, 6.45) is 0. The number of hydrogen-bond donors (Lipinski definition) is 1. The second-order valence-corrected chi connectivity index (χ2v) is 6.30. The summed E-state index contributed by atoms with van der Waals surface area (Å²) < 4.78 is 16.3. The summed E-state index contributed by atoms with van der Waals surface area (Å²) >= 11 is 4.48. The number of halogens is 1. The minimum Gasteiger partial charge on any atom is -0.497 e. The predicted octanol–water partition coefficient (Wildman–Crippen LogP) is 4.44. The number of anilines is 1.